The van der Waals surface area contributed by atoms with Gasteiger partial charge in [-0.3, -0.25) is 4.68 Å². The second-order valence-corrected chi connectivity index (χ2v) is 6.98. The van der Waals surface area contributed by atoms with Crippen LogP contribution < -0.4 is 0 Å². The molecule has 134 valence electrons. The third kappa shape index (κ3) is 3.68. The number of nitriles is 1. The molecule has 26 heavy (non-hydrogen) atoms. The molecule has 3 rings (SSSR count). The first kappa shape index (κ1) is 17.9. The van der Waals surface area contributed by atoms with Crippen molar-refractivity contribution < 1.29 is 9.53 Å². The monoisotopic (exact) mass is 372 g/mol. The molecule has 0 spiro atoms. The van der Waals surface area contributed by atoms with Gasteiger partial charge in [0.05, 0.1) is 30.9 Å². The molecule has 0 bridgehead atoms. The van der Waals surface area contributed by atoms with Gasteiger partial charge in [-0.05, 0) is 38.4 Å². The van der Waals surface area contributed by atoms with Crippen LogP contribution in [0.1, 0.15) is 27.2 Å². The van der Waals surface area contributed by atoms with Gasteiger partial charge in [-0.15, -0.1) is 0 Å². The summed E-state index contributed by atoms with van der Waals surface area (Å²) >= 11 is 6.07. The number of carbonyl (C=O) groups is 1. The van der Waals surface area contributed by atoms with Crippen LogP contribution in [0.4, 0.5) is 4.79 Å². The number of ether oxygens (including phenoxy) is 1. The van der Waals surface area contributed by atoms with Gasteiger partial charge in [0.1, 0.15) is 5.60 Å². The van der Waals surface area contributed by atoms with Gasteiger partial charge in [-0.25, -0.2) is 14.3 Å². The van der Waals surface area contributed by atoms with E-state index < -0.39 is 11.7 Å². The normalized spacial score (nSPS) is 11.5. The predicted molar refractivity (Wildman–Crippen MR) is 95.6 cm³/mol. The number of fused-ring (bicyclic) bond motifs is 1. The van der Waals surface area contributed by atoms with Gasteiger partial charge < -0.3 is 4.74 Å². The standard InChI is InChI=1S/C17H17ClN6O2/c1-17(2,3)26-16(25)24-8-5-12-13(21-15(18)22-14(12)24)11-9-20-23(10-11)7-4-6-19/h5,8-10H,4,7H2,1-3H3. The topological polar surface area (TPSA) is 98.6 Å². The average molecular weight is 373 g/mol. The lowest BCUT2D eigenvalue weighted by atomic mass is 10.2. The Morgan fingerprint density at radius 3 is 2.85 bits per heavy atom. The fourth-order valence-corrected chi connectivity index (χ4v) is 2.60. The smallest absolute Gasteiger partial charge is 0.420 e. The van der Waals surface area contributed by atoms with Crippen molar-refractivity contribution in [2.75, 3.05) is 0 Å². The molecule has 0 saturated heterocycles. The zero-order chi connectivity index (χ0) is 18.9. The summed E-state index contributed by atoms with van der Waals surface area (Å²) in [7, 11) is 0. The Hall–Kier alpha value is -2.92. The maximum atomic E-state index is 12.4. The molecule has 0 aliphatic rings. The van der Waals surface area contributed by atoms with Crippen molar-refractivity contribution in [1.29, 1.82) is 5.26 Å². The molecule has 0 aromatic carbocycles. The molecule has 0 saturated carbocycles. The number of aromatic nitrogens is 5. The Kier molecular flexibility index (Phi) is 4.66. The number of carbonyl (C=O) groups excluding carboxylic acids is 1. The molecule has 0 atom stereocenters. The van der Waals surface area contributed by atoms with E-state index in [-0.39, 0.29) is 5.28 Å². The maximum Gasteiger partial charge on any atom is 0.420 e. The molecule has 0 fully saturated rings. The fraction of sp³-hybridized carbons (Fsp3) is 0.353. The van der Waals surface area contributed by atoms with Gasteiger partial charge in [0.25, 0.3) is 0 Å². The van der Waals surface area contributed by atoms with Crippen LogP contribution in [0.15, 0.2) is 24.7 Å². The molecule has 3 heterocycles. The summed E-state index contributed by atoms with van der Waals surface area (Å²) in [6.45, 7) is 5.86. The predicted octanol–water partition coefficient (Wildman–Crippen LogP) is 3.65. The van der Waals surface area contributed by atoms with Crippen molar-refractivity contribution in [2.24, 2.45) is 0 Å². The molecule has 0 radical (unpaired) electrons. The molecule has 0 aliphatic carbocycles. The first-order valence-electron chi connectivity index (χ1n) is 7.96. The summed E-state index contributed by atoms with van der Waals surface area (Å²) in [6, 6.07) is 3.81. The summed E-state index contributed by atoms with van der Waals surface area (Å²) in [5, 5.41) is 13.6. The number of hydrogen-bond donors (Lipinski definition) is 0. The van der Waals surface area contributed by atoms with Crippen molar-refractivity contribution in [3.63, 3.8) is 0 Å². The molecule has 9 heteroatoms. The maximum absolute atomic E-state index is 12.4. The highest BCUT2D eigenvalue weighted by atomic mass is 35.5. The zero-order valence-corrected chi connectivity index (χ0v) is 15.4. The van der Waals surface area contributed by atoms with Crippen molar-refractivity contribution in [2.45, 2.75) is 39.3 Å². The van der Waals surface area contributed by atoms with Gasteiger partial charge in [0, 0.05) is 23.3 Å². The first-order chi connectivity index (χ1) is 12.3. The number of nitrogens with zero attached hydrogens (tertiary/aromatic N) is 6. The molecule has 0 unspecified atom stereocenters. The van der Waals surface area contributed by atoms with E-state index in [0.717, 1.165) is 5.56 Å². The number of hydrogen-bond acceptors (Lipinski definition) is 6. The summed E-state index contributed by atoms with van der Waals surface area (Å²) in [6.07, 6.45) is 4.81. The van der Waals surface area contributed by atoms with Gasteiger partial charge in [-0.2, -0.15) is 15.3 Å². The second-order valence-electron chi connectivity index (χ2n) is 6.64. The molecule has 3 aromatic rings. The summed E-state index contributed by atoms with van der Waals surface area (Å²) in [5.74, 6) is 0. The Morgan fingerprint density at radius 1 is 1.38 bits per heavy atom. The highest BCUT2D eigenvalue weighted by molar-refractivity contribution is 6.28. The third-order valence-corrected chi connectivity index (χ3v) is 3.64. The highest BCUT2D eigenvalue weighted by Gasteiger charge is 2.22. The van der Waals surface area contributed by atoms with Crippen LogP contribution in [0, 0.1) is 11.3 Å². The molecule has 8 nitrogen and oxygen atoms in total. The third-order valence-electron chi connectivity index (χ3n) is 3.47. The molecule has 0 amide bonds. The van der Waals surface area contributed by atoms with Crippen LogP contribution in [0.3, 0.4) is 0 Å². The lowest BCUT2D eigenvalue weighted by Gasteiger charge is -2.19. The molecule has 0 aliphatic heterocycles. The van der Waals surface area contributed by atoms with Gasteiger partial charge in [0.15, 0.2) is 5.65 Å². The minimum absolute atomic E-state index is 0.0146. The Bertz CT molecular complexity index is 1010. The molecular formula is C17H17ClN6O2. The summed E-state index contributed by atoms with van der Waals surface area (Å²) < 4.78 is 8.36. The van der Waals surface area contributed by atoms with E-state index in [1.807, 2.05) is 0 Å². The van der Waals surface area contributed by atoms with Crippen LogP contribution in [0.25, 0.3) is 22.3 Å². The minimum atomic E-state index is -0.630. The van der Waals surface area contributed by atoms with E-state index in [1.165, 1.54) is 4.57 Å². The largest absolute Gasteiger partial charge is 0.443 e. The average Bonchev–Trinajstić information content (AvgIpc) is 3.17. The highest BCUT2D eigenvalue weighted by Crippen LogP contribution is 2.28. The van der Waals surface area contributed by atoms with Crippen LogP contribution in [0.5, 0.6) is 0 Å². The van der Waals surface area contributed by atoms with E-state index >= 15 is 0 Å². The Labute approximate surface area is 155 Å². The van der Waals surface area contributed by atoms with Gasteiger partial charge in [-0.1, -0.05) is 0 Å². The number of rotatable bonds is 3. The van der Waals surface area contributed by atoms with Crippen molar-refractivity contribution in [1.82, 2.24) is 24.3 Å². The van der Waals surface area contributed by atoms with Crippen LogP contribution in [-0.2, 0) is 11.3 Å². The van der Waals surface area contributed by atoms with Crippen LogP contribution in [-0.4, -0.2) is 36.0 Å². The van der Waals surface area contributed by atoms with E-state index in [4.69, 9.17) is 21.6 Å². The van der Waals surface area contributed by atoms with Gasteiger partial charge in [0.2, 0.25) is 5.28 Å². The number of halogens is 1. The van der Waals surface area contributed by atoms with Crippen molar-refractivity contribution in [3.8, 4) is 17.3 Å². The van der Waals surface area contributed by atoms with Crippen molar-refractivity contribution in [3.05, 3.63) is 29.9 Å². The van der Waals surface area contributed by atoms with E-state index in [9.17, 15) is 4.79 Å². The molecule has 3 aromatic heterocycles. The second kappa shape index (κ2) is 6.77. The minimum Gasteiger partial charge on any atom is -0.443 e. The SMILES string of the molecule is CC(C)(C)OC(=O)n1ccc2c(-c3cnn(CCC#N)c3)nc(Cl)nc21. The fourth-order valence-electron chi connectivity index (χ4n) is 2.44. The lowest BCUT2D eigenvalue weighted by molar-refractivity contribution is 0.0543. The van der Waals surface area contributed by atoms with Crippen LogP contribution >= 0.6 is 11.6 Å². The van der Waals surface area contributed by atoms with E-state index in [1.54, 1.807) is 50.1 Å². The van der Waals surface area contributed by atoms with E-state index in [2.05, 4.69) is 21.1 Å². The van der Waals surface area contributed by atoms with Crippen LogP contribution in [0.2, 0.25) is 5.28 Å². The molecule has 0 N–H and O–H groups in total. The summed E-state index contributed by atoms with van der Waals surface area (Å²) in [4.78, 5) is 20.9. The Balaban J connectivity index is 2.04. The molecular weight excluding hydrogens is 356 g/mol. The first-order valence-corrected chi connectivity index (χ1v) is 8.34. The number of aryl methyl sites for hydroxylation is 1. The van der Waals surface area contributed by atoms with Gasteiger partial charge >= 0.3 is 6.09 Å². The lowest BCUT2D eigenvalue weighted by Crippen LogP contribution is -2.26. The zero-order valence-electron chi connectivity index (χ0n) is 14.6. The van der Waals surface area contributed by atoms with Crippen molar-refractivity contribution >= 4 is 28.7 Å². The summed E-state index contributed by atoms with van der Waals surface area (Å²) in [5.41, 5.74) is 1.01. The Morgan fingerprint density at radius 2 is 2.15 bits per heavy atom. The quantitative estimate of drug-likeness (QED) is 0.651. The van der Waals surface area contributed by atoms with E-state index in [0.29, 0.717) is 29.7 Å².